The van der Waals surface area contributed by atoms with Gasteiger partial charge in [0.1, 0.15) is 0 Å². The molecule has 0 aromatic heterocycles. The maximum Gasteiger partial charge on any atom is 0.0584 e. The van der Waals surface area contributed by atoms with E-state index in [4.69, 9.17) is 28.3 Å². The van der Waals surface area contributed by atoms with Crippen molar-refractivity contribution in [3.8, 4) is 0 Å². The summed E-state index contributed by atoms with van der Waals surface area (Å²) in [5.41, 5.74) is 1.02. The van der Waals surface area contributed by atoms with Gasteiger partial charge in [0.05, 0.1) is 6.61 Å². The molecule has 1 unspecified atom stereocenters. The van der Waals surface area contributed by atoms with Crippen LogP contribution in [0.4, 0.5) is 0 Å². The van der Waals surface area contributed by atoms with Crippen molar-refractivity contribution < 1.29 is 5.11 Å². The predicted octanol–water partition coefficient (Wildman–Crippen LogP) is 2.81. The molecule has 0 heterocycles. The highest BCUT2D eigenvalue weighted by atomic mass is 35.5. The summed E-state index contributed by atoms with van der Waals surface area (Å²) in [6, 6.07) is 5.58. The van der Waals surface area contributed by atoms with Gasteiger partial charge in [0.2, 0.25) is 0 Å². The van der Waals surface area contributed by atoms with Crippen molar-refractivity contribution in [1.29, 1.82) is 0 Å². The van der Waals surface area contributed by atoms with Gasteiger partial charge >= 0.3 is 0 Å². The number of benzene rings is 1. The molecule has 0 aliphatic carbocycles. The maximum atomic E-state index is 9.00. The molecular weight excluding hydrogens is 233 g/mol. The van der Waals surface area contributed by atoms with Gasteiger partial charge in [-0.05, 0) is 31.7 Å². The molecule has 15 heavy (non-hydrogen) atoms. The highest BCUT2D eigenvalue weighted by Crippen LogP contribution is 2.22. The highest BCUT2D eigenvalue weighted by molar-refractivity contribution is 6.35. The van der Waals surface area contributed by atoms with E-state index in [0.717, 1.165) is 5.56 Å². The third kappa shape index (κ3) is 3.65. The molecule has 0 saturated carbocycles. The number of nitrogens with zero attached hydrogens (tertiary/aromatic N) is 1. The second kappa shape index (κ2) is 5.71. The van der Waals surface area contributed by atoms with Crippen molar-refractivity contribution in [3.05, 3.63) is 33.8 Å². The third-order valence-electron chi connectivity index (χ3n) is 2.45. The maximum absolute atomic E-state index is 9.00. The first kappa shape index (κ1) is 12.8. The van der Waals surface area contributed by atoms with Crippen LogP contribution >= 0.6 is 23.2 Å². The fourth-order valence-electron chi connectivity index (χ4n) is 1.21. The Balaban J connectivity index is 2.72. The van der Waals surface area contributed by atoms with E-state index < -0.39 is 0 Å². The van der Waals surface area contributed by atoms with Gasteiger partial charge in [-0.3, -0.25) is 4.90 Å². The molecule has 1 N–H and O–H groups in total. The number of aliphatic hydroxyl groups excluding tert-OH is 1. The van der Waals surface area contributed by atoms with E-state index in [-0.39, 0.29) is 12.6 Å². The van der Waals surface area contributed by atoms with Crippen molar-refractivity contribution in [3.63, 3.8) is 0 Å². The standard InChI is InChI=1S/C11H15Cl2NO/c1-8(7-15)14(2)6-9-3-4-10(12)5-11(9)13/h3-5,8,15H,6-7H2,1-2H3. The summed E-state index contributed by atoms with van der Waals surface area (Å²) in [4.78, 5) is 2.04. The van der Waals surface area contributed by atoms with Crippen LogP contribution in [0.15, 0.2) is 18.2 Å². The Hall–Kier alpha value is -0.280. The van der Waals surface area contributed by atoms with E-state index in [1.165, 1.54) is 0 Å². The Bertz CT molecular complexity index is 330. The highest BCUT2D eigenvalue weighted by Gasteiger charge is 2.10. The van der Waals surface area contributed by atoms with Gasteiger partial charge in [0, 0.05) is 22.6 Å². The summed E-state index contributed by atoms with van der Waals surface area (Å²) in [5, 5.41) is 10.3. The van der Waals surface area contributed by atoms with Crippen molar-refractivity contribution >= 4 is 23.2 Å². The Morgan fingerprint density at radius 1 is 1.40 bits per heavy atom. The molecule has 1 rings (SSSR count). The number of hydrogen-bond donors (Lipinski definition) is 1. The smallest absolute Gasteiger partial charge is 0.0584 e. The normalized spacial score (nSPS) is 13.2. The van der Waals surface area contributed by atoms with Crippen LogP contribution in [0.5, 0.6) is 0 Å². The van der Waals surface area contributed by atoms with Crippen LogP contribution in [0.3, 0.4) is 0 Å². The van der Waals surface area contributed by atoms with Gasteiger partial charge in [0.25, 0.3) is 0 Å². The van der Waals surface area contributed by atoms with Crippen LogP contribution < -0.4 is 0 Å². The molecule has 0 bridgehead atoms. The molecule has 4 heteroatoms. The molecule has 0 saturated heterocycles. The lowest BCUT2D eigenvalue weighted by atomic mass is 10.2. The molecule has 0 spiro atoms. The van der Waals surface area contributed by atoms with Crippen LogP contribution in [-0.4, -0.2) is 29.7 Å². The van der Waals surface area contributed by atoms with Crippen LogP contribution in [0, 0.1) is 0 Å². The van der Waals surface area contributed by atoms with E-state index >= 15 is 0 Å². The van der Waals surface area contributed by atoms with Gasteiger partial charge in [-0.1, -0.05) is 29.3 Å². The fourth-order valence-corrected chi connectivity index (χ4v) is 1.68. The van der Waals surface area contributed by atoms with Gasteiger partial charge in [-0.15, -0.1) is 0 Å². The predicted molar refractivity (Wildman–Crippen MR) is 64.5 cm³/mol. The summed E-state index contributed by atoms with van der Waals surface area (Å²) < 4.78 is 0. The molecule has 1 aromatic rings. The number of aliphatic hydroxyl groups is 1. The van der Waals surface area contributed by atoms with Crippen molar-refractivity contribution in [1.82, 2.24) is 4.90 Å². The largest absolute Gasteiger partial charge is 0.395 e. The zero-order chi connectivity index (χ0) is 11.4. The second-order valence-electron chi connectivity index (χ2n) is 3.68. The lowest BCUT2D eigenvalue weighted by Crippen LogP contribution is -2.31. The molecule has 0 aliphatic heterocycles. The SMILES string of the molecule is CC(CO)N(C)Cc1ccc(Cl)cc1Cl. The quantitative estimate of drug-likeness (QED) is 0.885. The van der Waals surface area contributed by atoms with Crippen LogP contribution in [0.2, 0.25) is 10.0 Å². The summed E-state index contributed by atoms with van der Waals surface area (Å²) in [6.45, 7) is 2.81. The molecule has 84 valence electrons. The fraction of sp³-hybridized carbons (Fsp3) is 0.455. The zero-order valence-corrected chi connectivity index (χ0v) is 10.4. The molecule has 0 aliphatic rings. The molecule has 2 nitrogen and oxygen atoms in total. The Morgan fingerprint density at radius 2 is 2.07 bits per heavy atom. The van der Waals surface area contributed by atoms with Gasteiger partial charge in [-0.2, -0.15) is 0 Å². The van der Waals surface area contributed by atoms with Crippen molar-refractivity contribution in [2.24, 2.45) is 0 Å². The van der Waals surface area contributed by atoms with Gasteiger partial charge in [-0.25, -0.2) is 0 Å². The summed E-state index contributed by atoms with van der Waals surface area (Å²) in [6.07, 6.45) is 0. The first-order chi connectivity index (χ1) is 7.04. The van der Waals surface area contributed by atoms with E-state index in [0.29, 0.717) is 16.6 Å². The Kier molecular flexibility index (Phi) is 4.87. The lowest BCUT2D eigenvalue weighted by molar-refractivity contribution is 0.154. The molecule has 1 atom stereocenters. The first-order valence-corrected chi connectivity index (χ1v) is 5.55. The molecule has 1 aromatic carbocycles. The molecular formula is C11H15Cl2NO. The Labute approximate surface area is 100 Å². The van der Waals surface area contributed by atoms with Gasteiger partial charge < -0.3 is 5.11 Å². The first-order valence-electron chi connectivity index (χ1n) is 4.79. The minimum absolute atomic E-state index is 0.122. The van der Waals surface area contributed by atoms with Gasteiger partial charge in [0.15, 0.2) is 0 Å². The summed E-state index contributed by atoms with van der Waals surface area (Å²) >= 11 is 11.9. The van der Waals surface area contributed by atoms with Crippen LogP contribution in [-0.2, 0) is 6.54 Å². The number of rotatable bonds is 4. The van der Waals surface area contributed by atoms with Crippen LogP contribution in [0.1, 0.15) is 12.5 Å². The van der Waals surface area contributed by atoms with E-state index in [1.54, 1.807) is 6.07 Å². The third-order valence-corrected chi connectivity index (χ3v) is 3.04. The average Bonchev–Trinajstić information content (AvgIpc) is 2.20. The monoisotopic (exact) mass is 247 g/mol. The van der Waals surface area contributed by atoms with Crippen LogP contribution in [0.25, 0.3) is 0 Å². The summed E-state index contributed by atoms with van der Waals surface area (Å²) in [5.74, 6) is 0. The van der Waals surface area contributed by atoms with E-state index in [9.17, 15) is 0 Å². The number of halogens is 2. The Morgan fingerprint density at radius 3 is 2.60 bits per heavy atom. The molecule has 0 radical (unpaired) electrons. The second-order valence-corrected chi connectivity index (χ2v) is 4.53. The van der Waals surface area contributed by atoms with Crippen molar-refractivity contribution in [2.45, 2.75) is 19.5 Å². The lowest BCUT2D eigenvalue weighted by Gasteiger charge is -2.23. The zero-order valence-electron chi connectivity index (χ0n) is 8.87. The topological polar surface area (TPSA) is 23.5 Å². The molecule has 0 amide bonds. The minimum atomic E-state index is 0.122. The van der Waals surface area contributed by atoms with Crippen molar-refractivity contribution in [2.75, 3.05) is 13.7 Å². The summed E-state index contributed by atoms with van der Waals surface area (Å²) in [7, 11) is 1.95. The number of hydrogen-bond acceptors (Lipinski definition) is 2. The van der Waals surface area contributed by atoms with E-state index in [2.05, 4.69) is 0 Å². The van der Waals surface area contributed by atoms with E-state index in [1.807, 2.05) is 31.0 Å². The minimum Gasteiger partial charge on any atom is -0.395 e. The number of likely N-dealkylation sites (N-methyl/N-ethyl adjacent to an activating group) is 1. The molecule has 0 fully saturated rings. The average molecular weight is 248 g/mol.